The first-order valence-electron chi connectivity index (χ1n) is 8.68. The van der Waals surface area contributed by atoms with Crippen molar-refractivity contribution < 1.29 is 0 Å². The highest BCUT2D eigenvalue weighted by molar-refractivity contribution is 7.03. The lowest BCUT2D eigenvalue weighted by molar-refractivity contribution is 0.545. The quantitative estimate of drug-likeness (QED) is 0.540. The highest BCUT2D eigenvalue weighted by Gasteiger charge is 2.13. The molecular formula is C18H17N9S. The lowest BCUT2D eigenvalue weighted by Crippen LogP contribution is -2.35. The first kappa shape index (κ1) is 16.6. The van der Waals surface area contributed by atoms with Crippen molar-refractivity contribution in [3.05, 3.63) is 46.7 Å². The summed E-state index contributed by atoms with van der Waals surface area (Å²) < 4.78 is 7.11. The highest BCUT2D eigenvalue weighted by Crippen LogP contribution is 2.22. The summed E-state index contributed by atoms with van der Waals surface area (Å²) in [7, 11) is 3.92. The van der Waals surface area contributed by atoms with Crippen LogP contribution >= 0.6 is 11.5 Å². The lowest BCUT2D eigenvalue weighted by Gasteiger charge is -2.19. The SMILES string of the molecule is CN(C)c1ccc(-c2nccn3nc(NN4C=c5cnsc5=CC4)nc23)cn1. The third-order valence-electron chi connectivity index (χ3n) is 4.37. The second-order valence-corrected chi connectivity index (χ2v) is 7.35. The van der Waals surface area contributed by atoms with Crippen LogP contribution in [0, 0.1) is 0 Å². The number of nitrogens with one attached hydrogen (secondary N) is 1. The van der Waals surface area contributed by atoms with Crippen molar-refractivity contribution in [2.45, 2.75) is 0 Å². The molecule has 10 heteroatoms. The Morgan fingerprint density at radius 3 is 2.93 bits per heavy atom. The topological polar surface area (TPSA) is 87.4 Å². The van der Waals surface area contributed by atoms with Crippen molar-refractivity contribution in [2.75, 3.05) is 31.0 Å². The summed E-state index contributed by atoms with van der Waals surface area (Å²) in [6.45, 7) is 0.714. The van der Waals surface area contributed by atoms with E-state index in [9.17, 15) is 0 Å². The second-order valence-electron chi connectivity index (χ2n) is 6.52. The first-order valence-corrected chi connectivity index (χ1v) is 9.46. The number of hydrogen-bond donors (Lipinski definition) is 1. The number of anilines is 2. The van der Waals surface area contributed by atoms with E-state index in [-0.39, 0.29) is 0 Å². The number of pyridine rings is 1. The number of nitrogens with zero attached hydrogens (tertiary/aromatic N) is 8. The Bertz CT molecular complexity index is 1260. The van der Waals surface area contributed by atoms with Gasteiger partial charge in [0, 0.05) is 49.7 Å². The minimum absolute atomic E-state index is 0.503. The molecule has 0 aliphatic carbocycles. The van der Waals surface area contributed by atoms with Gasteiger partial charge in [-0.1, -0.05) is 0 Å². The van der Waals surface area contributed by atoms with Gasteiger partial charge in [-0.3, -0.25) is 15.4 Å². The molecule has 0 saturated carbocycles. The number of hydrogen-bond acceptors (Lipinski definition) is 9. The van der Waals surface area contributed by atoms with E-state index in [0.717, 1.165) is 22.3 Å². The van der Waals surface area contributed by atoms with Crippen LogP contribution in [0.2, 0.25) is 0 Å². The average Bonchev–Trinajstić information content (AvgIpc) is 3.33. The minimum Gasteiger partial charge on any atom is -0.363 e. The fraction of sp³-hybridized carbons (Fsp3) is 0.167. The van der Waals surface area contributed by atoms with Gasteiger partial charge in [-0.25, -0.2) is 9.50 Å². The van der Waals surface area contributed by atoms with Crippen molar-refractivity contribution in [1.29, 1.82) is 0 Å². The molecule has 0 aromatic carbocycles. The third kappa shape index (κ3) is 2.93. The predicted octanol–water partition coefficient (Wildman–Crippen LogP) is 0.570. The van der Waals surface area contributed by atoms with Gasteiger partial charge in [-0.05, 0) is 29.7 Å². The van der Waals surface area contributed by atoms with Crippen molar-refractivity contribution >= 4 is 41.2 Å². The van der Waals surface area contributed by atoms with Crippen LogP contribution in [0.25, 0.3) is 29.2 Å². The van der Waals surface area contributed by atoms with E-state index in [2.05, 4.69) is 35.9 Å². The molecule has 0 saturated heterocycles. The second kappa shape index (κ2) is 6.57. The summed E-state index contributed by atoms with van der Waals surface area (Å²) in [6, 6.07) is 3.95. The third-order valence-corrected chi connectivity index (χ3v) is 5.18. The summed E-state index contributed by atoms with van der Waals surface area (Å²) in [5.74, 6) is 1.39. The smallest absolute Gasteiger partial charge is 0.261 e. The van der Waals surface area contributed by atoms with E-state index in [0.29, 0.717) is 18.1 Å². The van der Waals surface area contributed by atoms with Gasteiger partial charge in [0.1, 0.15) is 11.5 Å². The number of fused-ring (bicyclic) bond motifs is 2. The zero-order chi connectivity index (χ0) is 19.1. The fourth-order valence-corrected chi connectivity index (χ4v) is 3.62. The van der Waals surface area contributed by atoms with E-state index in [1.165, 1.54) is 16.1 Å². The number of rotatable bonds is 4. The summed E-state index contributed by atoms with van der Waals surface area (Å²) >= 11 is 1.50. The molecule has 28 heavy (non-hydrogen) atoms. The lowest BCUT2D eigenvalue weighted by atomic mass is 10.2. The first-order chi connectivity index (χ1) is 13.7. The van der Waals surface area contributed by atoms with Crippen LogP contribution in [0.15, 0.2) is 36.9 Å². The van der Waals surface area contributed by atoms with Crippen LogP contribution in [0.3, 0.4) is 0 Å². The van der Waals surface area contributed by atoms with Gasteiger partial charge in [0.2, 0.25) is 0 Å². The maximum Gasteiger partial charge on any atom is 0.261 e. The molecule has 1 N–H and O–H groups in total. The molecule has 4 aromatic rings. The molecule has 9 nitrogen and oxygen atoms in total. The van der Waals surface area contributed by atoms with Crippen LogP contribution in [0.1, 0.15) is 0 Å². The minimum atomic E-state index is 0.503. The van der Waals surface area contributed by atoms with Crippen molar-refractivity contribution in [3.8, 4) is 11.3 Å². The molecule has 0 atom stereocenters. The zero-order valence-corrected chi connectivity index (χ0v) is 16.1. The predicted molar refractivity (Wildman–Crippen MR) is 109 cm³/mol. The van der Waals surface area contributed by atoms with Crippen LogP contribution in [0.5, 0.6) is 0 Å². The van der Waals surface area contributed by atoms with Gasteiger partial charge in [0.25, 0.3) is 5.95 Å². The molecule has 0 radical (unpaired) electrons. The molecule has 5 heterocycles. The Kier molecular flexibility index (Phi) is 3.90. The van der Waals surface area contributed by atoms with Gasteiger partial charge >= 0.3 is 0 Å². The summed E-state index contributed by atoms with van der Waals surface area (Å²) in [5.41, 5.74) is 5.53. The molecule has 1 aliphatic rings. The van der Waals surface area contributed by atoms with Crippen LogP contribution < -0.4 is 20.1 Å². The van der Waals surface area contributed by atoms with E-state index in [1.54, 1.807) is 23.1 Å². The highest BCUT2D eigenvalue weighted by atomic mass is 32.1. The summed E-state index contributed by atoms with van der Waals surface area (Å²) in [6.07, 6.45) is 11.3. The van der Waals surface area contributed by atoms with Crippen LogP contribution in [0.4, 0.5) is 11.8 Å². The van der Waals surface area contributed by atoms with Crippen molar-refractivity contribution in [1.82, 2.24) is 33.9 Å². The molecule has 0 spiro atoms. The Balaban J connectivity index is 1.47. The van der Waals surface area contributed by atoms with E-state index in [4.69, 9.17) is 0 Å². The monoisotopic (exact) mass is 391 g/mol. The Labute approximate surface area is 164 Å². The molecule has 140 valence electrons. The number of aromatic nitrogens is 6. The molecule has 0 amide bonds. The molecule has 0 bridgehead atoms. The molecule has 0 fully saturated rings. The van der Waals surface area contributed by atoms with E-state index >= 15 is 0 Å². The van der Waals surface area contributed by atoms with Gasteiger partial charge < -0.3 is 4.90 Å². The maximum absolute atomic E-state index is 4.64. The van der Waals surface area contributed by atoms with Gasteiger partial charge in [0.15, 0.2) is 5.65 Å². The van der Waals surface area contributed by atoms with Crippen LogP contribution in [-0.4, -0.2) is 54.6 Å². The number of hydrazine groups is 1. The van der Waals surface area contributed by atoms with Crippen molar-refractivity contribution in [2.24, 2.45) is 0 Å². The Morgan fingerprint density at radius 1 is 1.18 bits per heavy atom. The normalized spacial score (nSPS) is 13.0. The van der Waals surface area contributed by atoms with E-state index < -0.39 is 0 Å². The maximum atomic E-state index is 4.64. The van der Waals surface area contributed by atoms with Gasteiger partial charge in [-0.2, -0.15) is 9.36 Å². The summed E-state index contributed by atoms with van der Waals surface area (Å²) in [5, 5.41) is 7.54. The van der Waals surface area contributed by atoms with Gasteiger partial charge in [0.05, 0.1) is 17.3 Å². The average molecular weight is 391 g/mol. The molecular weight excluding hydrogens is 374 g/mol. The fourth-order valence-electron chi connectivity index (χ4n) is 2.98. The van der Waals surface area contributed by atoms with E-state index in [1.807, 2.05) is 48.5 Å². The Hall–Kier alpha value is -3.53. The molecule has 4 aromatic heterocycles. The Morgan fingerprint density at radius 2 is 2.11 bits per heavy atom. The largest absolute Gasteiger partial charge is 0.363 e. The van der Waals surface area contributed by atoms with Crippen LogP contribution in [-0.2, 0) is 0 Å². The molecule has 5 rings (SSSR count). The van der Waals surface area contributed by atoms with Crippen molar-refractivity contribution in [3.63, 3.8) is 0 Å². The summed E-state index contributed by atoms with van der Waals surface area (Å²) in [4.78, 5) is 15.6. The van der Waals surface area contributed by atoms with Gasteiger partial charge in [-0.15, -0.1) is 5.10 Å². The molecule has 0 unspecified atom stereocenters. The molecule has 1 aliphatic heterocycles. The standard InChI is InChI=1S/C18H17N9S/c1-25(2)15-4-3-12(9-20-15)16-17-22-18(24-27(17)8-6-19-16)23-26-7-5-14-13(11-26)10-21-28-14/h3-6,8-11H,7H2,1-2H3,(H,23,24). The zero-order valence-electron chi connectivity index (χ0n) is 15.3.